The van der Waals surface area contributed by atoms with Crippen LogP contribution in [0.15, 0.2) is 18.3 Å². The lowest BCUT2D eigenvalue weighted by atomic mass is 10.2. The van der Waals surface area contributed by atoms with Crippen LogP contribution in [0.25, 0.3) is 0 Å². The Balaban J connectivity index is 2.06. The van der Waals surface area contributed by atoms with Crippen LogP contribution in [0.1, 0.15) is 11.3 Å². The Morgan fingerprint density at radius 1 is 1.43 bits per heavy atom. The van der Waals surface area contributed by atoms with E-state index in [9.17, 15) is 4.79 Å². The number of halogens is 2. The van der Waals surface area contributed by atoms with E-state index in [1.807, 2.05) is 6.92 Å². The topological polar surface area (TPSA) is 80.0 Å². The van der Waals surface area contributed by atoms with Gasteiger partial charge in [0.05, 0.1) is 21.4 Å². The van der Waals surface area contributed by atoms with Gasteiger partial charge in [0.1, 0.15) is 6.54 Å². The quantitative estimate of drug-likeness (QED) is 0.880. The van der Waals surface area contributed by atoms with E-state index in [1.54, 1.807) is 18.3 Å². The minimum Gasteiger partial charge on any atom is -0.396 e. The molecular formula is C13H14Cl2N4O2. The minimum atomic E-state index is -0.315. The van der Waals surface area contributed by atoms with Gasteiger partial charge in [-0.2, -0.15) is 0 Å². The third-order valence-electron chi connectivity index (χ3n) is 2.81. The number of nitrogens with one attached hydrogen (secondary N) is 1. The molecular weight excluding hydrogens is 315 g/mol. The molecule has 0 aliphatic carbocycles. The first-order valence-electron chi connectivity index (χ1n) is 6.25. The van der Waals surface area contributed by atoms with Crippen LogP contribution in [-0.2, 0) is 17.8 Å². The molecule has 1 aromatic carbocycles. The van der Waals surface area contributed by atoms with E-state index in [4.69, 9.17) is 28.3 Å². The fourth-order valence-corrected chi connectivity index (χ4v) is 2.21. The number of hydrogen-bond acceptors (Lipinski definition) is 4. The minimum absolute atomic E-state index is 0.0145. The summed E-state index contributed by atoms with van der Waals surface area (Å²) < 4.78 is 1.39. The Morgan fingerprint density at radius 3 is 2.90 bits per heavy atom. The number of aromatic nitrogens is 3. The molecule has 6 nitrogen and oxygen atoms in total. The lowest BCUT2D eigenvalue weighted by Crippen LogP contribution is -2.19. The normalized spacial score (nSPS) is 10.7. The number of rotatable bonds is 5. The van der Waals surface area contributed by atoms with Crippen LogP contribution < -0.4 is 5.32 Å². The molecule has 1 heterocycles. The Labute approximate surface area is 131 Å². The summed E-state index contributed by atoms with van der Waals surface area (Å²) in [5, 5.41) is 19.9. The smallest absolute Gasteiger partial charge is 0.246 e. The zero-order valence-corrected chi connectivity index (χ0v) is 12.8. The van der Waals surface area contributed by atoms with Crippen LogP contribution >= 0.6 is 23.2 Å². The molecule has 0 bridgehead atoms. The molecule has 2 rings (SSSR count). The second-order valence-electron chi connectivity index (χ2n) is 4.48. The zero-order valence-electron chi connectivity index (χ0n) is 11.3. The number of aryl methyl sites for hydroxylation is 1. The number of amides is 1. The molecule has 112 valence electrons. The van der Waals surface area contributed by atoms with Gasteiger partial charge in [-0.25, -0.2) is 4.68 Å². The van der Waals surface area contributed by atoms with Gasteiger partial charge in [-0.3, -0.25) is 4.79 Å². The van der Waals surface area contributed by atoms with Crippen molar-refractivity contribution in [2.75, 3.05) is 11.9 Å². The molecule has 0 saturated heterocycles. The van der Waals surface area contributed by atoms with Gasteiger partial charge in [0.15, 0.2) is 0 Å². The first kappa shape index (κ1) is 15.8. The summed E-state index contributed by atoms with van der Waals surface area (Å²) in [6, 6.07) is 3.45. The van der Waals surface area contributed by atoms with Gasteiger partial charge in [0.2, 0.25) is 5.91 Å². The molecule has 0 atom stereocenters. The van der Waals surface area contributed by atoms with E-state index in [0.29, 0.717) is 27.8 Å². The predicted octanol–water partition coefficient (Wildman–Crippen LogP) is 2.07. The van der Waals surface area contributed by atoms with Gasteiger partial charge < -0.3 is 10.4 Å². The summed E-state index contributed by atoms with van der Waals surface area (Å²) in [6.07, 6.45) is 2.01. The predicted molar refractivity (Wildman–Crippen MR) is 80.6 cm³/mol. The van der Waals surface area contributed by atoms with Crippen molar-refractivity contribution in [3.05, 3.63) is 39.6 Å². The maximum atomic E-state index is 12.0. The van der Waals surface area contributed by atoms with Crippen LogP contribution in [0.3, 0.4) is 0 Å². The highest BCUT2D eigenvalue weighted by Gasteiger charge is 2.13. The molecule has 2 aromatic rings. The Morgan fingerprint density at radius 2 is 2.19 bits per heavy atom. The van der Waals surface area contributed by atoms with Gasteiger partial charge in [0, 0.05) is 19.2 Å². The van der Waals surface area contributed by atoms with E-state index < -0.39 is 0 Å². The van der Waals surface area contributed by atoms with Crippen LogP contribution in [0.4, 0.5) is 5.69 Å². The van der Waals surface area contributed by atoms with Crippen molar-refractivity contribution < 1.29 is 9.90 Å². The van der Waals surface area contributed by atoms with Gasteiger partial charge in [0.25, 0.3) is 0 Å². The van der Waals surface area contributed by atoms with Crippen molar-refractivity contribution in [1.29, 1.82) is 0 Å². The summed E-state index contributed by atoms with van der Waals surface area (Å²) in [5.41, 5.74) is 1.83. The van der Waals surface area contributed by atoms with E-state index in [1.165, 1.54) is 4.68 Å². The molecule has 2 N–H and O–H groups in total. The molecule has 1 amide bonds. The maximum Gasteiger partial charge on any atom is 0.246 e. The molecule has 8 heteroatoms. The van der Waals surface area contributed by atoms with Gasteiger partial charge in [-0.05, 0) is 18.6 Å². The molecule has 0 aliphatic heterocycles. The SMILES string of the molecule is Cc1ccc(Cl)c(NC(=O)Cn2cc(CCO)nn2)c1Cl. The summed E-state index contributed by atoms with van der Waals surface area (Å²) in [6.45, 7) is 1.80. The standard InChI is InChI=1S/C13H14Cl2N4O2/c1-8-2-3-10(14)13(12(8)15)16-11(21)7-19-6-9(4-5-20)17-18-19/h2-3,6,20H,4-5,7H2,1H3,(H,16,21). The van der Waals surface area contributed by atoms with E-state index in [-0.39, 0.29) is 19.1 Å². The van der Waals surface area contributed by atoms with E-state index in [0.717, 1.165) is 5.56 Å². The first-order chi connectivity index (χ1) is 10.0. The average molecular weight is 329 g/mol. The molecule has 1 aromatic heterocycles. The molecule has 0 saturated carbocycles. The molecule has 21 heavy (non-hydrogen) atoms. The average Bonchev–Trinajstić information content (AvgIpc) is 2.87. The highest BCUT2D eigenvalue weighted by molar-refractivity contribution is 6.40. The first-order valence-corrected chi connectivity index (χ1v) is 7.01. The number of benzene rings is 1. The second kappa shape index (κ2) is 6.89. The lowest BCUT2D eigenvalue weighted by molar-refractivity contribution is -0.116. The summed E-state index contributed by atoms with van der Waals surface area (Å²) in [4.78, 5) is 12.0. The monoisotopic (exact) mass is 328 g/mol. The second-order valence-corrected chi connectivity index (χ2v) is 5.27. The largest absolute Gasteiger partial charge is 0.396 e. The molecule has 0 fully saturated rings. The van der Waals surface area contributed by atoms with Crippen LogP contribution in [0, 0.1) is 6.92 Å². The third-order valence-corrected chi connectivity index (χ3v) is 3.61. The van der Waals surface area contributed by atoms with Gasteiger partial charge in [-0.15, -0.1) is 5.10 Å². The zero-order chi connectivity index (χ0) is 15.4. The van der Waals surface area contributed by atoms with Crippen LogP contribution in [-0.4, -0.2) is 32.6 Å². The van der Waals surface area contributed by atoms with Crippen molar-refractivity contribution in [3.63, 3.8) is 0 Å². The van der Waals surface area contributed by atoms with E-state index in [2.05, 4.69) is 15.6 Å². The van der Waals surface area contributed by atoms with Crippen molar-refractivity contribution >= 4 is 34.8 Å². The number of hydrogen-bond donors (Lipinski definition) is 2. The highest BCUT2D eigenvalue weighted by Crippen LogP contribution is 2.32. The molecule has 0 unspecified atom stereocenters. The van der Waals surface area contributed by atoms with Crippen molar-refractivity contribution in [3.8, 4) is 0 Å². The number of aliphatic hydroxyl groups excluding tert-OH is 1. The molecule has 0 aliphatic rings. The fourth-order valence-electron chi connectivity index (χ4n) is 1.74. The number of nitrogens with zero attached hydrogens (tertiary/aromatic N) is 3. The van der Waals surface area contributed by atoms with Crippen molar-refractivity contribution in [1.82, 2.24) is 15.0 Å². The Hall–Kier alpha value is -1.63. The Kier molecular flexibility index (Phi) is 5.17. The number of carbonyl (C=O) groups is 1. The van der Waals surface area contributed by atoms with Gasteiger partial charge >= 0.3 is 0 Å². The lowest BCUT2D eigenvalue weighted by Gasteiger charge is -2.10. The summed E-state index contributed by atoms with van der Waals surface area (Å²) in [5.74, 6) is -0.315. The van der Waals surface area contributed by atoms with Gasteiger partial charge in [-0.1, -0.05) is 34.5 Å². The number of anilines is 1. The van der Waals surface area contributed by atoms with Crippen LogP contribution in [0.5, 0.6) is 0 Å². The number of carbonyl (C=O) groups excluding carboxylic acids is 1. The molecule has 0 spiro atoms. The Bertz CT molecular complexity index is 658. The summed E-state index contributed by atoms with van der Waals surface area (Å²) in [7, 11) is 0. The summed E-state index contributed by atoms with van der Waals surface area (Å²) >= 11 is 12.2. The third kappa shape index (κ3) is 3.93. The van der Waals surface area contributed by atoms with E-state index >= 15 is 0 Å². The van der Waals surface area contributed by atoms with Crippen molar-refractivity contribution in [2.24, 2.45) is 0 Å². The van der Waals surface area contributed by atoms with Crippen LogP contribution in [0.2, 0.25) is 10.0 Å². The van der Waals surface area contributed by atoms with Crippen molar-refractivity contribution in [2.45, 2.75) is 19.9 Å². The number of aliphatic hydroxyl groups is 1. The highest BCUT2D eigenvalue weighted by atomic mass is 35.5. The molecule has 0 radical (unpaired) electrons. The fraction of sp³-hybridized carbons (Fsp3) is 0.308. The maximum absolute atomic E-state index is 12.0.